The van der Waals surface area contributed by atoms with Gasteiger partial charge >= 0.3 is 5.97 Å². The zero-order chi connectivity index (χ0) is 13.5. The molecule has 0 saturated carbocycles. The first-order chi connectivity index (χ1) is 8.54. The average molecular weight is 250 g/mol. The molecule has 0 aliphatic heterocycles. The molecule has 0 radical (unpaired) electrons. The smallest absolute Gasteiger partial charge is 0.339 e. The molecule has 1 atom stereocenters. The largest absolute Gasteiger partial charge is 0.465 e. The van der Waals surface area contributed by atoms with E-state index in [1.165, 1.54) is 7.11 Å². The first-order valence-electron chi connectivity index (χ1n) is 6.28. The van der Waals surface area contributed by atoms with Crippen LogP contribution in [-0.4, -0.2) is 24.6 Å². The van der Waals surface area contributed by atoms with Crippen LogP contribution in [0.25, 0.3) is 0 Å². The molecule has 1 heterocycles. The van der Waals surface area contributed by atoms with Crippen LogP contribution in [0.3, 0.4) is 0 Å². The number of carbonyl (C=O) groups is 1. The molecule has 0 aliphatic rings. The first-order valence-corrected chi connectivity index (χ1v) is 6.28. The minimum atomic E-state index is -0.351. The van der Waals surface area contributed by atoms with Crippen molar-refractivity contribution in [2.45, 2.75) is 27.3 Å². The summed E-state index contributed by atoms with van der Waals surface area (Å²) in [4.78, 5) is 15.5. The van der Waals surface area contributed by atoms with Crippen LogP contribution in [0.4, 0.5) is 0 Å². The molecule has 0 aromatic carbocycles. The fourth-order valence-corrected chi connectivity index (χ4v) is 1.43. The molecule has 0 saturated heterocycles. The maximum atomic E-state index is 11.2. The second kappa shape index (κ2) is 7.11. The third kappa shape index (κ3) is 4.45. The summed E-state index contributed by atoms with van der Waals surface area (Å²) in [5.41, 5.74) is 1.41. The van der Waals surface area contributed by atoms with Crippen LogP contribution < -0.4 is 5.32 Å². The Hall–Kier alpha value is -1.42. The molecule has 1 aromatic heterocycles. The fraction of sp³-hybridized carbons (Fsp3) is 0.571. The summed E-state index contributed by atoms with van der Waals surface area (Å²) in [6.07, 6.45) is 1.55. The monoisotopic (exact) mass is 250 g/mol. The predicted molar refractivity (Wildman–Crippen MR) is 71.3 cm³/mol. The van der Waals surface area contributed by atoms with Crippen LogP contribution in [-0.2, 0) is 11.3 Å². The van der Waals surface area contributed by atoms with Crippen LogP contribution in [0.5, 0.6) is 0 Å². The van der Waals surface area contributed by atoms with Crippen LogP contribution in [0.1, 0.15) is 36.8 Å². The van der Waals surface area contributed by atoms with E-state index in [1.807, 2.05) is 6.07 Å². The average Bonchev–Trinajstić information content (AvgIpc) is 2.38. The van der Waals surface area contributed by atoms with Gasteiger partial charge in [0.1, 0.15) is 0 Å². The number of hydrogen-bond donors (Lipinski definition) is 1. The van der Waals surface area contributed by atoms with E-state index < -0.39 is 0 Å². The van der Waals surface area contributed by atoms with Gasteiger partial charge in [-0.05, 0) is 30.5 Å². The topological polar surface area (TPSA) is 51.2 Å². The van der Waals surface area contributed by atoms with Crippen LogP contribution in [0.15, 0.2) is 18.3 Å². The van der Waals surface area contributed by atoms with Crippen LogP contribution >= 0.6 is 0 Å². The third-order valence-corrected chi connectivity index (χ3v) is 3.16. The summed E-state index contributed by atoms with van der Waals surface area (Å²) in [5.74, 6) is 0.960. The van der Waals surface area contributed by atoms with Gasteiger partial charge in [0, 0.05) is 12.7 Å². The van der Waals surface area contributed by atoms with Gasteiger partial charge < -0.3 is 10.1 Å². The molecule has 18 heavy (non-hydrogen) atoms. The quantitative estimate of drug-likeness (QED) is 0.787. The van der Waals surface area contributed by atoms with Crippen molar-refractivity contribution in [3.05, 3.63) is 29.6 Å². The Balaban J connectivity index is 2.42. The molecule has 4 heteroatoms. The van der Waals surface area contributed by atoms with Gasteiger partial charge in [-0.2, -0.15) is 0 Å². The molecule has 100 valence electrons. The van der Waals surface area contributed by atoms with Gasteiger partial charge in [-0.3, -0.25) is 4.98 Å². The van der Waals surface area contributed by atoms with Crippen molar-refractivity contribution in [1.29, 1.82) is 0 Å². The summed E-state index contributed by atoms with van der Waals surface area (Å²) in [5, 5.41) is 3.37. The lowest BCUT2D eigenvalue weighted by Gasteiger charge is -2.15. The van der Waals surface area contributed by atoms with E-state index in [0.29, 0.717) is 17.4 Å². The lowest BCUT2D eigenvalue weighted by Crippen LogP contribution is -2.24. The van der Waals surface area contributed by atoms with Gasteiger partial charge in [-0.25, -0.2) is 4.79 Å². The molecule has 0 spiro atoms. The zero-order valence-electron chi connectivity index (χ0n) is 11.6. The Kier molecular flexibility index (Phi) is 5.78. The summed E-state index contributed by atoms with van der Waals surface area (Å²) in [6, 6.07) is 3.58. The molecule has 1 N–H and O–H groups in total. The number of ether oxygens (including phenoxy) is 1. The Morgan fingerprint density at radius 2 is 2.11 bits per heavy atom. The van der Waals surface area contributed by atoms with Crippen molar-refractivity contribution in [1.82, 2.24) is 10.3 Å². The number of nitrogens with zero attached hydrogens (tertiary/aromatic N) is 1. The fourth-order valence-electron chi connectivity index (χ4n) is 1.43. The Labute approximate surface area is 109 Å². The van der Waals surface area contributed by atoms with Crippen molar-refractivity contribution in [2.75, 3.05) is 13.7 Å². The maximum absolute atomic E-state index is 11.2. The Morgan fingerprint density at radius 1 is 1.39 bits per heavy atom. The molecular weight excluding hydrogens is 228 g/mol. The van der Waals surface area contributed by atoms with Gasteiger partial charge in [-0.1, -0.05) is 20.8 Å². The van der Waals surface area contributed by atoms with E-state index in [2.05, 4.69) is 35.8 Å². The standard InChI is InChI=1S/C14H22N2O2/c1-10(2)11(3)7-15-9-13-6-5-12(8-16-13)14(17)18-4/h5-6,8,10-11,15H,7,9H2,1-4H3. The number of carbonyl (C=O) groups excluding carboxylic acids is 1. The summed E-state index contributed by atoms with van der Waals surface area (Å²) >= 11 is 0. The number of methoxy groups -OCH3 is 1. The number of rotatable bonds is 6. The highest BCUT2D eigenvalue weighted by molar-refractivity contribution is 5.88. The second-order valence-electron chi connectivity index (χ2n) is 4.88. The number of nitrogens with one attached hydrogen (secondary N) is 1. The van der Waals surface area contributed by atoms with Crippen molar-refractivity contribution < 1.29 is 9.53 Å². The van der Waals surface area contributed by atoms with E-state index in [-0.39, 0.29) is 5.97 Å². The molecule has 1 rings (SSSR count). The number of esters is 1. The van der Waals surface area contributed by atoms with E-state index in [1.54, 1.807) is 12.3 Å². The summed E-state index contributed by atoms with van der Waals surface area (Å²) in [6.45, 7) is 8.35. The predicted octanol–water partition coefficient (Wildman–Crippen LogP) is 2.25. The first kappa shape index (κ1) is 14.6. The molecule has 1 unspecified atom stereocenters. The second-order valence-corrected chi connectivity index (χ2v) is 4.88. The van der Waals surface area contributed by atoms with Gasteiger partial charge in [0.2, 0.25) is 0 Å². The molecule has 0 fully saturated rings. The molecule has 0 bridgehead atoms. The third-order valence-electron chi connectivity index (χ3n) is 3.16. The van der Waals surface area contributed by atoms with E-state index in [9.17, 15) is 4.79 Å². The molecule has 0 amide bonds. The van der Waals surface area contributed by atoms with Crippen LogP contribution in [0.2, 0.25) is 0 Å². The highest BCUT2D eigenvalue weighted by atomic mass is 16.5. The lowest BCUT2D eigenvalue weighted by molar-refractivity contribution is 0.0600. The van der Waals surface area contributed by atoms with E-state index >= 15 is 0 Å². The lowest BCUT2D eigenvalue weighted by atomic mass is 9.98. The van der Waals surface area contributed by atoms with Crippen molar-refractivity contribution in [2.24, 2.45) is 11.8 Å². The maximum Gasteiger partial charge on any atom is 0.339 e. The summed E-state index contributed by atoms with van der Waals surface area (Å²) < 4.78 is 4.62. The number of pyridine rings is 1. The highest BCUT2D eigenvalue weighted by Crippen LogP contribution is 2.08. The molecular formula is C14H22N2O2. The number of hydrogen-bond acceptors (Lipinski definition) is 4. The Morgan fingerprint density at radius 3 is 2.61 bits per heavy atom. The molecule has 0 aliphatic carbocycles. The van der Waals surface area contributed by atoms with Gasteiger partial charge in [0.15, 0.2) is 0 Å². The normalized spacial score (nSPS) is 12.5. The minimum Gasteiger partial charge on any atom is -0.465 e. The Bertz CT molecular complexity index is 374. The van der Waals surface area contributed by atoms with Crippen LogP contribution in [0, 0.1) is 11.8 Å². The van der Waals surface area contributed by atoms with Gasteiger partial charge in [0.05, 0.1) is 18.4 Å². The summed E-state index contributed by atoms with van der Waals surface area (Å²) in [7, 11) is 1.37. The van der Waals surface area contributed by atoms with E-state index in [4.69, 9.17) is 0 Å². The molecule has 1 aromatic rings. The van der Waals surface area contributed by atoms with Gasteiger partial charge in [-0.15, -0.1) is 0 Å². The SMILES string of the molecule is COC(=O)c1ccc(CNCC(C)C(C)C)nc1. The molecule has 4 nitrogen and oxygen atoms in total. The van der Waals surface area contributed by atoms with Gasteiger partial charge in [0.25, 0.3) is 0 Å². The van der Waals surface area contributed by atoms with Crippen molar-refractivity contribution >= 4 is 5.97 Å². The zero-order valence-corrected chi connectivity index (χ0v) is 11.6. The highest BCUT2D eigenvalue weighted by Gasteiger charge is 2.07. The van der Waals surface area contributed by atoms with Crippen molar-refractivity contribution in [3.63, 3.8) is 0 Å². The van der Waals surface area contributed by atoms with E-state index in [0.717, 1.165) is 18.8 Å². The number of aromatic nitrogens is 1. The minimum absolute atomic E-state index is 0.351. The van der Waals surface area contributed by atoms with Crippen molar-refractivity contribution in [3.8, 4) is 0 Å².